The smallest absolute Gasteiger partial charge is 0.305 e. The maximum atomic E-state index is 11.9. The van der Waals surface area contributed by atoms with Gasteiger partial charge in [0.1, 0.15) is 0 Å². The van der Waals surface area contributed by atoms with Crippen molar-refractivity contribution in [2.45, 2.75) is 729 Å². The van der Waals surface area contributed by atoms with Crippen molar-refractivity contribution in [1.82, 2.24) is 0 Å². The van der Waals surface area contributed by atoms with Gasteiger partial charge in [0.2, 0.25) is 0 Å². The van der Waals surface area contributed by atoms with E-state index in [2.05, 4.69) is 104 Å². The summed E-state index contributed by atoms with van der Waals surface area (Å²) in [7, 11) is 0. The molecular formula is C128H244O16. The normalized spacial score (nSPS) is 20.7. The van der Waals surface area contributed by atoms with Crippen LogP contribution < -0.4 is 0 Å². The fourth-order valence-electron chi connectivity index (χ4n) is 20.6. The Morgan fingerprint density at radius 1 is 0.167 bits per heavy atom. The number of carbonyl (C=O) groups is 5. The van der Waals surface area contributed by atoms with Crippen LogP contribution in [0.5, 0.6) is 0 Å². The van der Waals surface area contributed by atoms with E-state index in [9.17, 15) is 24.0 Å². The van der Waals surface area contributed by atoms with Crippen LogP contribution >= 0.6 is 0 Å². The molecule has 0 aromatic rings. The van der Waals surface area contributed by atoms with Crippen LogP contribution in [0.15, 0.2) is 0 Å². The van der Waals surface area contributed by atoms with Crippen molar-refractivity contribution < 1.29 is 76.1 Å². The summed E-state index contributed by atoms with van der Waals surface area (Å²) in [4.78, 5) is 59.4. The Morgan fingerprint density at radius 3 is 0.493 bits per heavy atom. The number of unbranched alkanes of at least 4 members (excludes halogenated alkanes) is 50. The second-order valence-corrected chi connectivity index (χ2v) is 45.6. The maximum Gasteiger partial charge on any atom is 0.305 e. The second-order valence-electron chi connectivity index (χ2n) is 45.6. The fourth-order valence-corrected chi connectivity index (χ4v) is 20.6. The summed E-state index contributed by atoms with van der Waals surface area (Å²) in [5.74, 6) is 2.77. The number of ether oxygens (including phenoxy) is 11. The highest BCUT2D eigenvalue weighted by molar-refractivity contribution is 5.70. The Morgan fingerprint density at radius 2 is 0.306 bits per heavy atom. The van der Waals surface area contributed by atoms with Gasteiger partial charge in [-0.1, -0.05) is 502 Å². The molecule has 0 spiro atoms. The predicted molar refractivity (Wildman–Crippen MR) is 606 cm³/mol. The molecule has 0 aromatic heterocycles. The molecule has 6 aliphatic rings. The highest BCUT2D eigenvalue weighted by Crippen LogP contribution is 2.43. The van der Waals surface area contributed by atoms with Crippen molar-refractivity contribution in [1.29, 1.82) is 0 Å². The van der Waals surface area contributed by atoms with Gasteiger partial charge in [-0.2, -0.15) is 0 Å². The Labute approximate surface area is 892 Å². The van der Waals surface area contributed by atoms with Gasteiger partial charge in [0.05, 0.1) is 106 Å². The second kappa shape index (κ2) is 99.5. The molecule has 0 N–H and O–H groups in total. The van der Waals surface area contributed by atoms with Gasteiger partial charge >= 0.3 is 29.8 Å². The zero-order valence-corrected chi connectivity index (χ0v) is 98.2. The number of rotatable bonds is 102. The number of hydrogen-bond acceptors (Lipinski definition) is 16. The molecule has 6 rings (SSSR count). The zero-order valence-electron chi connectivity index (χ0n) is 98.2. The minimum atomic E-state index is -0.0109. The third kappa shape index (κ3) is 84.6. The molecule has 0 saturated carbocycles. The van der Waals surface area contributed by atoms with Crippen molar-refractivity contribution >= 4 is 29.8 Å². The molecule has 852 valence electrons. The SMILES string of the molecule is CCCCC(CC)COC(=O)CCCCCCCC1OC1CC1OC1CC1OC1CC.CCCCCC1OC1CC1OC1CCCCCCCC(=O)OCC(CC)CCCC.CCCCCCCCC1OC1CCCCCCCC(=O)OCC(CC)CCCC.CCCCCCCCCCCCCCCC(=O)OCC(CC)CCCC.CCCCCCCCCCCCCCCCCC(=O)OCC(CC)CCCC. The molecule has 6 heterocycles. The molecule has 16 nitrogen and oxygen atoms in total. The summed E-state index contributed by atoms with van der Waals surface area (Å²) in [6.07, 6.45) is 110. The molecule has 6 aliphatic heterocycles. The van der Waals surface area contributed by atoms with E-state index in [1.54, 1.807) is 0 Å². The van der Waals surface area contributed by atoms with E-state index < -0.39 is 0 Å². The summed E-state index contributed by atoms with van der Waals surface area (Å²) >= 11 is 0. The predicted octanol–water partition coefficient (Wildman–Crippen LogP) is 38.2. The highest BCUT2D eigenvalue weighted by Gasteiger charge is 2.52. The summed E-state index contributed by atoms with van der Waals surface area (Å²) in [6, 6.07) is 0. The van der Waals surface area contributed by atoms with E-state index >= 15 is 0 Å². The molecule has 144 heavy (non-hydrogen) atoms. The largest absolute Gasteiger partial charge is 0.465 e. The van der Waals surface area contributed by atoms with Crippen LogP contribution in [0.4, 0.5) is 0 Å². The number of carbonyl (C=O) groups excluding carboxylic acids is 5. The Kier molecular flexibility index (Phi) is 94.7. The van der Waals surface area contributed by atoms with Crippen LogP contribution in [0, 0.1) is 29.6 Å². The number of hydrogen-bond donors (Lipinski definition) is 0. The molecule has 0 aromatic carbocycles. The van der Waals surface area contributed by atoms with E-state index in [1.807, 2.05) is 0 Å². The average Bonchev–Trinajstić information content (AvgIpc) is 1.63. The van der Waals surface area contributed by atoms with Gasteiger partial charge < -0.3 is 52.1 Å². The van der Waals surface area contributed by atoms with E-state index in [0.717, 1.165) is 109 Å². The summed E-state index contributed by atoms with van der Waals surface area (Å²) in [5, 5.41) is 0. The van der Waals surface area contributed by atoms with E-state index in [4.69, 9.17) is 52.1 Å². The quantitative estimate of drug-likeness (QED) is 0.0240. The first-order valence-electron chi connectivity index (χ1n) is 64.2. The molecule has 6 fully saturated rings. The third-order valence-electron chi connectivity index (χ3n) is 32.1. The monoisotopic (exact) mass is 2040 g/mol. The lowest BCUT2D eigenvalue weighted by atomic mass is 10.0. The van der Waals surface area contributed by atoms with Crippen LogP contribution in [0.3, 0.4) is 0 Å². The van der Waals surface area contributed by atoms with E-state index in [-0.39, 0.29) is 29.8 Å². The summed E-state index contributed by atoms with van der Waals surface area (Å²) in [5.41, 5.74) is 0. The van der Waals surface area contributed by atoms with Crippen LogP contribution in [0.2, 0.25) is 0 Å². The van der Waals surface area contributed by atoms with Gasteiger partial charge in [-0.3, -0.25) is 24.0 Å². The van der Waals surface area contributed by atoms with E-state index in [0.29, 0.717) is 168 Å². The maximum absolute atomic E-state index is 11.9. The van der Waals surface area contributed by atoms with Crippen molar-refractivity contribution in [2.75, 3.05) is 33.0 Å². The molecule has 0 aliphatic carbocycles. The van der Waals surface area contributed by atoms with Crippen LogP contribution in [-0.2, 0) is 76.1 Å². The number of esters is 5. The lowest BCUT2D eigenvalue weighted by Crippen LogP contribution is -2.13. The summed E-state index contributed by atoms with van der Waals surface area (Å²) in [6.45, 7) is 36.4. The van der Waals surface area contributed by atoms with Gasteiger partial charge in [0.25, 0.3) is 0 Å². The third-order valence-corrected chi connectivity index (χ3v) is 32.1. The van der Waals surface area contributed by atoms with Crippen molar-refractivity contribution in [3.63, 3.8) is 0 Å². The Hall–Kier alpha value is -2.89. The topological polar surface area (TPSA) is 207 Å². The van der Waals surface area contributed by atoms with Crippen LogP contribution in [-0.4, -0.2) is 136 Å². The van der Waals surface area contributed by atoms with Crippen molar-refractivity contribution in [3.05, 3.63) is 0 Å². The van der Waals surface area contributed by atoms with Crippen molar-refractivity contribution in [2.24, 2.45) is 29.6 Å². The minimum Gasteiger partial charge on any atom is -0.465 e. The standard InChI is InChI=1S/C26H46O5.C26H48O4.C26H50O3.C26H52O2.C24H48O2/c1-4-7-13-19(5-2)18-28-26(27)15-12-10-8-9-11-14-21-23(30-21)17-25-24(31-25)16-22-20(6-3)29-22;1-4-7-12-16-22-24(29-22)19-25-23(30-25)17-13-10-9-11-14-18-26(27)28-20-21(6-3)15-8-5-2;1-4-7-9-10-12-15-19-24-25(29-24)20-16-13-11-14-17-21-26(27)28-22-23(6-3)18-8-5-2;1-4-7-9-10-11-12-13-14-15-16-17-18-19-20-21-23-26(27)28-24-25(6-3)22-8-5-2;1-4-7-9-10-11-12-13-14-15-16-17-18-19-21-24(25)26-22-23(6-3)20-8-5-2/h19-25H,4-18H2,1-3H3;21-25H,4-20H2,1-3H3;23-25H,4-22H2,1-3H3;25H,4-24H2,1-3H3;23H,4-22H2,1-3H3. The lowest BCUT2D eigenvalue weighted by molar-refractivity contribution is -0.146. The Bertz CT molecular complexity index is 2800. The van der Waals surface area contributed by atoms with Crippen LogP contribution in [0.25, 0.3) is 0 Å². The molecular weight excluding hydrogens is 1790 g/mol. The molecule has 0 amide bonds. The number of epoxide rings is 6. The average molecular weight is 2040 g/mol. The fraction of sp³-hybridized carbons (Fsp3) is 0.961. The zero-order chi connectivity index (χ0) is 105. The molecule has 6 saturated heterocycles. The Balaban J connectivity index is 0.000000609. The summed E-state index contributed by atoms with van der Waals surface area (Å²) < 4.78 is 62.1. The first-order chi connectivity index (χ1) is 70.5. The van der Waals surface area contributed by atoms with Crippen molar-refractivity contribution in [3.8, 4) is 0 Å². The van der Waals surface area contributed by atoms with Gasteiger partial charge in [0.15, 0.2) is 0 Å². The van der Waals surface area contributed by atoms with Gasteiger partial charge in [0, 0.05) is 51.4 Å². The van der Waals surface area contributed by atoms with Gasteiger partial charge in [-0.25, -0.2) is 0 Å². The molecule has 17 unspecified atom stereocenters. The van der Waals surface area contributed by atoms with Gasteiger partial charge in [-0.15, -0.1) is 0 Å². The van der Waals surface area contributed by atoms with Gasteiger partial charge in [-0.05, 0) is 132 Å². The highest BCUT2D eigenvalue weighted by atomic mass is 16.6. The van der Waals surface area contributed by atoms with E-state index in [1.165, 1.54) is 411 Å². The first-order valence-corrected chi connectivity index (χ1v) is 64.2. The first kappa shape index (κ1) is 137. The minimum absolute atomic E-state index is 0.00358. The van der Waals surface area contributed by atoms with Crippen LogP contribution in [0.1, 0.15) is 656 Å². The molecule has 0 bridgehead atoms. The molecule has 16 heteroatoms. The lowest BCUT2D eigenvalue weighted by Gasteiger charge is -2.14. The molecule has 0 radical (unpaired) electrons. The molecule has 17 atom stereocenters.